The molecule has 0 aliphatic heterocycles. The number of para-hydroxylation sites is 1. The number of carbonyl (C=O) groups is 1. The third-order valence-corrected chi connectivity index (χ3v) is 4.32. The van der Waals surface area contributed by atoms with Gasteiger partial charge in [-0.25, -0.2) is 0 Å². The van der Waals surface area contributed by atoms with Crippen LogP contribution in [0.1, 0.15) is 16.1 Å². The minimum Gasteiger partial charge on any atom is -0.334 e. The Bertz CT molecular complexity index is 1140. The number of amides is 1. The smallest absolute Gasteiger partial charge is 0.260 e. The maximum absolute atomic E-state index is 12.6. The highest BCUT2D eigenvalue weighted by Crippen LogP contribution is 2.29. The second-order valence-electron chi connectivity index (χ2n) is 6.12. The number of benzene rings is 2. The lowest BCUT2D eigenvalue weighted by atomic mass is 10.1. The number of hydrogen-bond acceptors (Lipinski definition) is 5. The van der Waals surface area contributed by atoms with Crippen LogP contribution in [-0.4, -0.2) is 21.0 Å². The maximum Gasteiger partial charge on any atom is 0.260 e. The Kier molecular flexibility index (Phi) is 4.87. The second-order valence-corrected chi connectivity index (χ2v) is 6.56. The molecule has 0 fully saturated rings. The van der Waals surface area contributed by atoms with Crippen LogP contribution in [0.25, 0.3) is 22.8 Å². The van der Waals surface area contributed by atoms with Crippen molar-refractivity contribution in [3.63, 3.8) is 0 Å². The molecule has 0 atom stereocenters. The van der Waals surface area contributed by atoms with Crippen LogP contribution in [0.15, 0.2) is 71.4 Å². The molecule has 2 heterocycles. The first-order valence-electron chi connectivity index (χ1n) is 8.53. The minimum absolute atomic E-state index is 0.280. The second kappa shape index (κ2) is 7.62. The number of anilines is 1. The van der Waals surface area contributed by atoms with Crippen molar-refractivity contribution < 1.29 is 9.32 Å². The molecule has 4 aromatic rings. The van der Waals surface area contributed by atoms with E-state index in [0.717, 1.165) is 11.3 Å². The number of hydrogen-bond donors (Lipinski definition) is 1. The molecule has 0 saturated carbocycles. The summed E-state index contributed by atoms with van der Waals surface area (Å²) < 4.78 is 5.42. The number of halogens is 1. The predicted molar refractivity (Wildman–Crippen MR) is 107 cm³/mol. The van der Waals surface area contributed by atoms with Gasteiger partial charge in [0, 0.05) is 28.0 Å². The number of nitrogens with zero attached hydrogens (tertiary/aromatic N) is 3. The zero-order valence-corrected chi connectivity index (χ0v) is 15.6. The zero-order chi connectivity index (χ0) is 19.5. The molecule has 0 saturated heterocycles. The van der Waals surface area contributed by atoms with Gasteiger partial charge >= 0.3 is 0 Å². The molecule has 0 unspecified atom stereocenters. The highest BCUT2D eigenvalue weighted by molar-refractivity contribution is 6.31. The van der Waals surface area contributed by atoms with E-state index < -0.39 is 0 Å². The van der Waals surface area contributed by atoms with E-state index in [1.54, 1.807) is 42.6 Å². The van der Waals surface area contributed by atoms with E-state index >= 15 is 0 Å². The number of pyridine rings is 1. The van der Waals surface area contributed by atoms with Gasteiger partial charge < -0.3 is 9.84 Å². The van der Waals surface area contributed by atoms with Gasteiger partial charge in [-0.2, -0.15) is 4.98 Å². The molecule has 28 heavy (non-hydrogen) atoms. The fraction of sp³-hybridized carbons (Fsp3) is 0.0476. The van der Waals surface area contributed by atoms with E-state index in [2.05, 4.69) is 20.4 Å². The predicted octanol–water partition coefficient (Wildman–Crippen LogP) is 5.01. The lowest BCUT2D eigenvalue weighted by Gasteiger charge is -2.08. The summed E-state index contributed by atoms with van der Waals surface area (Å²) >= 11 is 5.97. The van der Waals surface area contributed by atoms with Gasteiger partial charge in [-0.1, -0.05) is 35.0 Å². The maximum atomic E-state index is 12.6. The number of carbonyl (C=O) groups excluding carboxylic acids is 1. The van der Waals surface area contributed by atoms with Gasteiger partial charge in [0.25, 0.3) is 11.8 Å². The molecule has 1 amide bonds. The van der Waals surface area contributed by atoms with Gasteiger partial charge in [0.1, 0.15) is 0 Å². The molecule has 6 nitrogen and oxygen atoms in total. The Hall–Kier alpha value is -3.51. The van der Waals surface area contributed by atoms with Gasteiger partial charge in [-0.05, 0) is 49.4 Å². The van der Waals surface area contributed by atoms with E-state index in [-0.39, 0.29) is 5.91 Å². The molecule has 2 aromatic heterocycles. The quantitative estimate of drug-likeness (QED) is 0.529. The monoisotopic (exact) mass is 390 g/mol. The lowest BCUT2D eigenvalue weighted by molar-refractivity contribution is 0.102. The van der Waals surface area contributed by atoms with Crippen LogP contribution in [0.3, 0.4) is 0 Å². The summed E-state index contributed by atoms with van der Waals surface area (Å²) in [5.41, 5.74) is 3.29. The Morgan fingerprint density at radius 1 is 1.07 bits per heavy atom. The SMILES string of the molecule is Cc1ccc(-c2noc(-c3ccccc3NC(=O)c3cccc(Cl)c3)n2)cn1. The highest BCUT2D eigenvalue weighted by Gasteiger charge is 2.16. The molecule has 7 heteroatoms. The minimum atomic E-state index is -0.280. The fourth-order valence-corrected chi connectivity index (χ4v) is 2.84. The Morgan fingerprint density at radius 2 is 1.93 bits per heavy atom. The highest BCUT2D eigenvalue weighted by atomic mass is 35.5. The van der Waals surface area contributed by atoms with Crippen molar-refractivity contribution in [1.29, 1.82) is 0 Å². The van der Waals surface area contributed by atoms with Gasteiger partial charge in [0.2, 0.25) is 5.82 Å². The number of rotatable bonds is 4. The Labute approximate surface area is 166 Å². The molecular weight excluding hydrogens is 376 g/mol. The summed E-state index contributed by atoms with van der Waals surface area (Å²) in [5, 5.41) is 7.39. The van der Waals surface area contributed by atoms with Crippen molar-refractivity contribution in [3.05, 3.63) is 83.1 Å². The van der Waals surface area contributed by atoms with Crippen molar-refractivity contribution in [2.75, 3.05) is 5.32 Å². The van der Waals surface area contributed by atoms with E-state index in [1.165, 1.54) is 0 Å². The third kappa shape index (κ3) is 3.77. The molecule has 2 aromatic carbocycles. The topological polar surface area (TPSA) is 80.9 Å². The number of nitrogens with one attached hydrogen (secondary N) is 1. The van der Waals surface area contributed by atoms with E-state index in [0.29, 0.717) is 33.6 Å². The molecule has 0 aliphatic rings. The fourth-order valence-electron chi connectivity index (χ4n) is 2.65. The van der Waals surface area contributed by atoms with E-state index in [4.69, 9.17) is 16.1 Å². The molecule has 0 aliphatic carbocycles. The van der Waals surface area contributed by atoms with Crippen molar-refractivity contribution in [1.82, 2.24) is 15.1 Å². The summed E-state index contributed by atoms with van der Waals surface area (Å²) in [6.45, 7) is 1.91. The van der Waals surface area contributed by atoms with Crippen molar-refractivity contribution in [2.24, 2.45) is 0 Å². The summed E-state index contributed by atoms with van der Waals surface area (Å²) in [4.78, 5) is 21.3. The first kappa shape index (κ1) is 17.9. The van der Waals surface area contributed by atoms with Gasteiger partial charge in [0.15, 0.2) is 0 Å². The van der Waals surface area contributed by atoms with Crippen molar-refractivity contribution in [2.45, 2.75) is 6.92 Å². The van der Waals surface area contributed by atoms with Crippen LogP contribution >= 0.6 is 11.6 Å². The van der Waals surface area contributed by atoms with Crippen LogP contribution in [0.5, 0.6) is 0 Å². The average molecular weight is 391 g/mol. The van der Waals surface area contributed by atoms with Crippen LogP contribution < -0.4 is 5.32 Å². The van der Waals surface area contributed by atoms with Gasteiger partial charge in [0.05, 0.1) is 11.3 Å². The Balaban J connectivity index is 1.63. The van der Waals surface area contributed by atoms with Crippen molar-refractivity contribution >= 4 is 23.2 Å². The number of aryl methyl sites for hydroxylation is 1. The molecule has 0 bridgehead atoms. The molecule has 0 spiro atoms. The summed E-state index contributed by atoms with van der Waals surface area (Å²) in [5.74, 6) is 0.452. The third-order valence-electron chi connectivity index (χ3n) is 4.09. The average Bonchev–Trinajstić information content (AvgIpc) is 3.19. The Morgan fingerprint density at radius 3 is 2.71 bits per heavy atom. The van der Waals surface area contributed by atoms with Gasteiger partial charge in [-0.3, -0.25) is 9.78 Å². The standard InChI is InChI=1S/C21H15ClN4O2/c1-13-9-10-15(12-23-13)19-25-21(28-26-19)17-7-2-3-8-18(17)24-20(27)14-5-4-6-16(22)11-14/h2-12H,1H3,(H,24,27). The largest absolute Gasteiger partial charge is 0.334 e. The molecule has 4 rings (SSSR count). The first-order chi connectivity index (χ1) is 13.6. The zero-order valence-electron chi connectivity index (χ0n) is 14.9. The summed E-state index contributed by atoms with van der Waals surface area (Å²) in [6.07, 6.45) is 1.69. The molecular formula is C21H15ClN4O2. The van der Waals surface area contributed by atoms with Crippen LogP contribution in [0.4, 0.5) is 5.69 Å². The molecule has 1 N–H and O–H groups in total. The van der Waals surface area contributed by atoms with E-state index in [9.17, 15) is 4.79 Å². The normalized spacial score (nSPS) is 10.6. The van der Waals surface area contributed by atoms with Crippen LogP contribution in [0, 0.1) is 6.92 Å². The lowest BCUT2D eigenvalue weighted by Crippen LogP contribution is -2.12. The first-order valence-corrected chi connectivity index (χ1v) is 8.91. The molecule has 0 radical (unpaired) electrons. The van der Waals surface area contributed by atoms with Crippen LogP contribution in [-0.2, 0) is 0 Å². The summed E-state index contributed by atoms with van der Waals surface area (Å²) in [6, 6.07) is 17.7. The number of aromatic nitrogens is 3. The summed E-state index contributed by atoms with van der Waals surface area (Å²) in [7, 11) is 0. The van der Waals surface area contributed by atoms with Crippen LogP contribution in [0.2, 0.25) is 5.02 Å². The van der Waals surface area contributed by atoms with Gasteiger partial charge in [-0.15, -0.1) is 0 Å². The van der Waals surface area contributed by atoms with E-state index in [1.807, 2.05) is 31.2 Å². The molecule has 138 valence electrons. The van der Waals surface area contributed by atoms with Crippen molar-refractivity contribution in [3.8, 4) is 22.8 Å².